The van der Waals surface area contributed by atoms with Crippen molar-refractivity contribution in [1.82, 2.24) is 9.88 Å². The molecule has 0 saturated carbocycles. The average Bonchev–Trinajstić information content (AvgIpc) is 3.13. The number of nitrogens with zero attached hydrogens (tertiary/aromatic N) is 1. The molecule has 6 heteroatoms. The Morgan fingerprint density at radius 2 is 1.84 bits per heavy atom. The van der Waals surface area contributed by atoms with Crippen LogP contribution in [0.4, 0.5) is 4.79 Å². The second-order valence-corrected chi connectivity index (χ2v) is 9.14. The molecule has 1 aliphatic heterocycles. The Balaban J connectivity index is 1.58. The van der Waals surface area contributed by atoms with Crippen LogP contribution >= 0.6 is 27.5 Å². The van der Waals surface area contributed by atoms with E-state index in [1.165, 1.54) is 16.5 Å². The molecule has 1 aliphatic rings. The van der Waals surface area contributed by atoms with Crippen LogP contribution in [-0.2, 0) is 6.42 Å². The molecule has 1 N–H and O–H groups in total. The summed E-state index contributed by atoms with van der Waals surface area (Å²) in [6.07, 6.45) is 0.377. The predicted molar refractivity (Wildman–Crippen MR) is 127 cm³/mol. The molecule has 1 atom stereocenters. The van der Waals surface area contributed by atoms with Gasteiger partial charge in [-0.25, -0.2) is 4.79 Å². The van der Waals surface area contributed by atoms with Crippen molar-refractivity contribution < 1.29 is 9.53 Å². The molecule has 4 nitrogen and oxygen atoms in total. The molecule has 0 bridgehead atoms. The normalized spacial score (nSPS) is 15.7. The number of amides is 1. The van der Waals surface area contributed by atoms with E-state index >= 15 is 0 Å². The molecule has 156 valence electrons. The van der Waals surface area contributed by atoms with Crippen molar-refractivity contribution in [1.29, 1.82) is 0 Å². The lowest BCUT2D eigenvalue weighted by molar-refractivity contribution is 0.135. The lowest BCUT2D eigenvalue weighted by Crippen LogP contribution is -2.42. The molecule has 2 heterocycles. The fraction of sp³-hybridized carbons (Fsp3) is 0.160. The Morgan fingerprint density at radius 1 is 1.10 bits per heavy atom. The highest BCUT2D eigenvalue weighted by Gasteiger charge is 2.35. The average molecular weight is 496 g/mol. The van der Waals surface area contributed by atoms with E-state index in [0.29, 0.717) is 17.3 Å². The number of hydrogen-bond acceptors (Lipinski definition) is 2. The van der Waals surface area contributed by atoms with Crippen LogP contribution in [0.3, 0.4) is 0 Å². The molecule has 3 aromatic carbocycles. The minimum atomic E-state index is -0.376. The van der Waals surface area contributed by atoms with E-state index in [1.807, 2.05) is 6.07 Å². The van der Waals surface area contributed by atoms with E-state index in [0.717, 1.165) is 27.7 Å². The summed E-state index contributed by atoms with van der Waals surface area (Å²) in [5.41, 5.74) is 5.58. The second kappa shape index (κ2) is 8.06. The van der Waals surface area contributed by atoms with Crippen LogP contribution < -0.4 is 4.74 Å². The molecule has 1 aromatic heterocycles. The highest BCUT2D eigenvalue weighted by molar-refractivity contribution is 9.10. The summed E-state index contributed by atoms with van der Waals surface area (Å²) < 4.78 is 6.74. The maximum atomic E-state index is 13.2. The lowest BCUT2D eigenvalue weighted by atomic mass is 9.92. The van der Waals surface area contributed by atoms with Gasteiger partial charge in [-0.05, 0) is 66.9 Å². The number of hydrogen-bond donors (Lipinski definition) is 1. The minimum absolute atomic E-state index is 0.254. The van der Waals surface area contributed by atoms with Gasteiger partial charge in [0.1, 0.15) is 11.8 Å². The molecule has 4 aromatic rings. The number of H-pyrrole nitrogens is 1. The zero-order chi connectivity index (χ0) is 21.5. The largest absolute Gasteiger partial charge is 0.416 e. The number of aryl methyl sites for hydroxylation is 1. The number of carbonyl (C=O) groups is 1. The van der Waals surface area contributed by atoms with Crippen molar-refractivity contribution in [3.05, 3.63) is 98.6 Å². The van der Waals surface area contributed by atoms with Crippen molar-refractivity contribution in [3.63, 3.8) is 0 Å². The number of aromatic nitrogens is 1. The van der Waals surface area contributed by atoms with Gasteiger partial charge in [-0.15, -0.1) is 0 Å². The molecule has 0 fully saturated rings. The van der Waals surface area contributed by atoms with Crippen molar-refractivity contribution in [3.8, 4) is 5.75 Å². The third-order valence-corrected chi connectivity index (χ3v) is 6.48. The fourth-order valence-electron chi connectivity index (χ4n) is 4.21. The zero-order valence-corrected chi connectivity index (χ0v) is 19.2. The maximum Gasteiger partial charge on any atom is 0.416 e. The summed E-state index contributed by atoms with van der Waals surface area (Å²) >= 11 is 9.54. The Labute approximate surface area is 193 Å². The van der Waals surface area contributed by atoms with Gasteiger partial charge in [0.25, 0.3) is 0 Å². The summed E-state index contributed by atoms with van der Waals surface area (Å²) in [4.78, 5) is 18.6. The van der Waals surface area contributed by atoms with Crippen LogP contribution in [-0.4, -0.2) is 22.5 Å². The second-order valence-electron chi connectivity index (χ2n) is 7.79. The van der Waals surface area contributed by atoms with Crippen LogP contribution in [0.5, 0.6) is 5.75 Å². The van der Waals surface area contributed by atoms with Crippen molar-refractivity contribution in [2.75, 3.05) is 6.54 Å². The van der Waals surface area contributed by atoms with Gasteiger partial charge < -0.3 is 9.72 Å². The topological polar surface area (TPSA) is 45.3 Å². The van der Waals surface area contributed by atoms with Crippen molar-refractivity contribution >= 4 is 44.5 Å². The molecule has 1 unspecified atom stereocenters. The summed E-state index contributed by atoms with van der Waals surface area (Å²) in [6.45, 7) is 2.63. The van der Waals surface area contributed by atoms with Gasteiger partial charge in [0.15, 0.2) is 0 Å². The fourth-order valence-corrected chi connectivity index (χ4v) is 4.70. The zero-order valence-electron chi connectivity index (χ0n) is 16.9. The smallest absolute Gasteiger partial charge is 0.410 e. The standard InChI is InChI=1S/C25H20BrClN2O2/c1-15-2-4-16(5-3-15)24-23-20(21-14-17(26)6-11-22(21)28-23)12-13-29(24)25(30)31-19-9-7-18(27)8-10-19/h2-11,14,24,28H,12-13H2,1H3. The number of nitrogens with one attached hydrogen (secondary N) is 1. The van der Waals surface area contributed by atoms with Gasteiger partial charge in [0, 0.05) is 32.6 Å². The van der Waals surface area contributed by atoms with E-state index in [2.05, 4.69) is 64.2 Å². The molecule has 0 aliphatic carbocycles. The Bertz CT molecular complexity index is 1270. The van der Waals surface area contributed by atoms with Gasteiger partial charge in [-0.2, -0.15) is 0 Å². The number of fused-ring (bicyclic) bond motifs is 3. The summed E-state index contributed by atoms with van der Waals surface area (Å²) in [5.74, 6) is 0.475. The van der Waals surface area contributed by atoms with Gasteiger partial charge >= 0.3 is 6.09 Å². The van der Waals surface area contributed by atoms with Crippen molar-refractivity contribution in [2.24, 2.45) is 0 Å². The summed E-state index contributed by atoms with van der Waals surface area (Å²) in [6, 6.07) is 21.1. The van der Waals surface area contributed by atoms with E-state index in [4.69, 9.17) is 16.3 Å². The minimum Gasteiger partial charge on any atom is -0.410 e. The molecule has 0 spiro atoms. The predicted octanol–water partition coefficient (Wildman–Crippen LogP) is 7.04. The van der Waals surface area contributed by atoms with Gasteiger partial charge in [-0.1, -0.05) is 57.4 Å². The SMILES string of the molecule is Cc1ccc(C2c3[nH]c4ccc(Br)cc4c3CCN2C(=O)Oc2ccc(Cl)cc2)cc1. The Hall–Kier alpha value is -2.76. The Morgan fingerprint density at radius 3 is 2.58 bits per heavy atom. The molecular weight excluding hydrogens is 476 g/mol. The van der Waals surface area contributed by atoms with Crippen LogP contribution in [0.25, 0.3) is 10.9 Å². The molecule has 1 amide bonds. The lowest BCUT2D eigenvalue weighted by Gasteiger charge is -2.35. The number of rotatable bonds is 2. The van der Waals surface area contributed by atoms with Gasteiger partial charge in [0.2, 0.25) is 0 Å². The van der Waals surface area contributed by atoms with Crippen LogP contribution in [0.1, 0.15) is 28.4 Å². The number of ether oxygens (including phenoxy) is 1. The van der Waals surface area contributed by atoms with Crippen molar-refractivity contribution in [2.45, 2.75) is 19.4 Å². The molecule has 5 rings (SSSR count). The molecular formula is C25H20BrClN2O2. The van der Waals surface area contributed by atoms with E-state index in [1.54, 1.807) is 29.2 Å². The number of carbonyl (C=O) groups excluding carboxylic acids is 1. The summed E-state index contributed by atoms with van der Waals surface area (Å²) in [7, 11) is 0. The quantitative estimate of drug-likeness (QED) is 0.324. The Kier molecular flexibility index (Phi) is 5.24. The first kappa shape index (κ1) is 20.2. The first-order chi connectivity index (χ1) is 15.0. The van der Waals surface area contributed by atoms with Crippen LogP contribution in [0.15, 0.2) is 71.2 Å². The number of aromatic amines is 1. The van der Waals surface area contributed by atoms with E-state index in [9.17, 15) is 4.79 Å². The molecule has 0 radical (unpaired) electrons. The van der Waals surface area contributed by atoms with Crippen LogP contribution in [0, 0.1) is 6.92 Å². The van der Waals surface area contributed by atoms with E-state index in [-0.39, 0.29) is 12.1 Å². The highest BCUT2D eigenvalue weighted by Crippen LogP contribution is 2.39. The molecule has 0 saturated heterocycles. The first-order valence-electron chi connectivity index (χ1n) is 10.1. The number of halogens is 2. The van der Waals surface area contributed by atoms with Crippen LogP contribution in [0.2, 0.25) is 5.02 Å². The monoisotopic (exact) mass is 494 g/mol. The number of benzene rings is 3. The first-order valence-corrected chi connectivity index (χ1v) is 11.3. The van der Waals surface area contributed by atoms with Gasteiger partial charge in [-0.3, -0.25) is 4.90 Å². The van der Waals surface area contributed by atoms with Gasteiger partial charge in [0.05, 0.1) is 0 Å². The molecule has 31 heavy (non-hydrogen) atoms. The summed E-state index contributed by atoms with van der Waals surface area (Å²) in [5, 5.41) is 1.79. The highest BCUT2D eigenvalue weighted by atomic mass is 79.9. The third kappa shape index (κ3) is 3.84. The maximum absolute atomic E-state index is 13.2. The van der Waals surface area contributed by atoms with E-state index < -0.39 is 0 Å². The third-order valence-electron chi connectivity index (χ3n) is 5.74.